The monoisotopic (exact) mass is 664 g/mol. The van der Waals surface area contributed by atoms with Gasteiger partial charge in [0.15, 0.2) is 5.76 Å². The molecule has 0 bridgehead atoms. The quantitative estimate of drug-likeness (QED) is 0.241. The van der Waals surface area contributed by atoms with E-state index in [4.69, 9.17) is 9.26 Å². The lowest BCUT2D eigenvalue weighted by atomic mass is 9.52. The van der Waals surface area contributed by atoms with Gasteiger partial charge in [-0.3, -0.25) is 19.6 Å². The fraction of sp³-hybridized carbons (Fsp3) is 0.471. The number of hydrogen-bond acceptors (Lipinski definition) is 10. The van der Waals surface area contributed by atoms with E-state index in [9.17, 15) is 22.8 Å². The van der Waals surface area contributed by atoms with Gasteiger partial charge >= 0.3 is 12.1 Å². The molecule has 3 aromatic rings. The minimum absolute atomic E-state index is 0.0202. The van der Waals surface area contributed by atoms with Crippen LogP contribution in [0.4, 0.5) is 10.5 Å². The van der Waals surface area contributed by atoms with Gasteiger partial charge in [-0.1, -0.05) is 53.7 Å². The zero-order valence-electron chi connectivity index (χ0n) is 26.9. The highest BCUT2D eigenvalue weighted by molar-refractivity contribution is 7.90. The summed E-state index contributed by atoms with van der Waals surface area (Å²) >= 11 is 0. The van der Waals surface area contributed by atoms with Crippen molar-refractivity contribution in [1.29, 1.82) is 0 Å². The lowest BCUT2D eigenvalue weighted by Gasteiger charge is -2.59. The van der Waals surface area contributed by atoms with Gasteiger partial charge in [-0.25, -0.2) is 13.2 Å². The maximum absolute atomic E-state index is 13.0. The number of carbonyl (C=O) groups is 3. The van der Waals surface area contributed by atoms with E-state index >= 15 is 0 Å². The van der Waals surface area contributed by atoms with E-state index in [1.54, 1.807) is 6.92 Å². The molecule has 2 aliphatic carbocycles. The smallest absolute Gasteiger partial charge is 0.412 e. The van der Waals surface area contributed by atoms with Crippen molar-refractivity contribution in [3.8, 4) is 0 Å². The lowest BCUT2D eigenvalue weighted by Crippen LogP contribution is -2.61. The first-order valence-corrected chi connectivity index (χ1v) is 17.5. The van der Waals surface area contributed by atoms with E-state index in [1.165, 1.54) is 7.11 Å². The Morgan fingerprint density at radius 3 is 2.40 bits per heavy atom. The number of rotatable bonds is 11. The first-order valence-electron chi connectivity index (χ1n) is 15.8. The number of amides is 2. The Kier molecular flexibility index (Phi) is 8.64. The molecule has 1 spiro atoms. The fourth-order valence-corrected chi connectivity index (χ4v) is 8.06. The van der Waals surface area contributed by atoms with Crippen LogP contribution < -0.4 is 15.4 Å². The first-order chi connectivity index (χ1) is 22.4. The van der Waals surface area contributed by atoms with Crippen LogP contribution in [0, 0.1) is 19.3 Å². The number of benzene rings is 2. The highest BCUT2D eigenvalue weighted by Gasteiger charge is 2.58. The van der Waals surface area contributed by atoms with E-state index in [0.29, 0.717) is 30.0 Å². The molecule has 13 heteroatoms. The number of aromatic nitrogens is 1. The zero-order chi connectivity index (χ0) is 33.6. The Labute approximate surface area is 274 Å². The van der Waals surface area contributed by atoms with E-state index in [1.807, 2.05) is 62.4 Å². The van der Waals surface area contributed by atoms with Crippen molar-refractivity contribution in [2.45, 2.75) is 76.4 Å². The number of carbonyl (C=O) groups excluding carboxylic acids is 3. The molecule has 3 N–H and O–H groups in total. The number of aryl methyl sites for hydroxylation is 2. The number of nitrogens with one attached hydrogen (secondary N) is 3. The highest BCUT2D eigenvalue weighted by Crippen LogP contribution is 2.62. The van der Waals surface area contributed by atoms with Gasteiger partial charge in [-0.2, -0.15) is 0 Å². The lowest BCUT2D eigenvalue weighted by molar-refractivity contribution is -0.140. The van der Waals surface area contributed by atoms with Crippen molar-refractivity contribution in [3.05, 3.63) is 82.2 Å². The largest absolute Gasteiger partial charge is 0.469 e. The van der Waals surface area contributed by atoms with E-state index < -0.39 is 45.3 Å². The number of ether oxygens (including phenoxy) is 2. The number of nitrogens with zero attached hydrogens (tertiary/aromatic N) is 1. The molecule has 3 aliphatic rings. The van der Waals surface area contributed by atoms with Crippen molar-refractivity contribution < 1.29 is 36.8 Å². The third-order valence-electron chi connectivity index (χ3n) is 10.0. The second-order valence-corrected chi connectivity index (χ2v) is 14.9. The number of anilines is 1. The molecule has 12 nitrogen and oxygen atoms in total. The minimum atomic E-state index is -3.97. The molecular formula is C34H40N4O8S. The normalized spacial score (nSPS) is 23.1. The van der Waals surface area contributed by atoms with Crippen molar-refractivity contribution in [2.75, 3.05) is 24.7 Å². The Hall–Kier alpha value is -4.23. The summed E-state index contributed by atoms with van der Waals surface area (Å²) in [5.41, 5.74) is 4.11. The van der Waals surface area contributed by atoms with E-state index in [0.717, 1.165) is 41.6 Å². The van der Waals surface area contributed by atoms with Crippen LogP contribution >= 0.6 is 0 Å². The number of sulfonamides is 1. The average molecular weight is 665 g/mol. The molecule has 47 heavy (non-hydrogen) atoms. The molecule has 3 fully saturated rings. The van der Waals surface area contributed by atoms with Gasteiger partial charge in [0, 0.05) is 23.9 Å². The van der Waals surface area contributed by atoms with Gasteiger partial charge in [0.25, 0.3) is 0 Å². The average Bonchev–Trinajstić information content (AvgIpc) is 3.75. The topological polar surface area (TPSA) is 166 Å². The van der Waals surface area contributed by atoms with E-state index in [-0.39, 0.29) is 23.8 Å². The van der Waals surface area contributed by atoms with Crippen LogP contribution in [0.2, 0.25) is 0 Å². The summed E-state index contributed by atoms with van der Waals surface area (Å²) in [4.78, 5) is 37.3. The molecule has 2 aromatic carbocycles. The van der Waals surface area contributed by atoms with Crippen molar-refractivity contribution >= 4 is 33.7 Å². The number of methoxy groups -OCH3 is 1. The molecule has 1 saturated heterocycles. The highest BCUT2D eigenvalue weighted by atomic mass is 32.2. The van der Waals surface area contributed by atoms with Gasteiger partial charge < -0.3 is 19.3 Å². The molecule has 250 valence electrons. The number of hydrogen-bond donors (Lipinski definition) is 3. The molecule has 2 unspecified atom stereocenters. The molecular weight excluding hydrogens is 624 g/mol. The Balaban J connectivity index is 1.06. The maximum atomic E-state index is 13.0. The van der Waals surface area contributed by atoms with Gasteiger partial charge in [0.05, 0.1) is 24.7 Å². The van der Waals surface area contributed by atoms with Crippen LogP contribution in [0.1, 0.15) is 90.8 Å². The number of esters is 1. The molecule has 2 amide bonds. The van der Waals surface area contributed by atoms with Crippen LogP contribution in [-0.2, 0) is 34.5 Å². The summed E-state index contributed by atoms with van der Waals surface area (Å²) in [6.45, 7) is 6.46. The molecule has 1 aliphatic heterocycles. The summed E-state index contributed by atoms with van der Waals surface area (Å²) in [7, 11) is -2.79. The Morgan fingerprint density at radius 1 is 1.09 bits per heavy atom. The van der Waals surface area contributed by atoms with E-state index in [2.05, 4.69) is 25.2 Å². The van der Waals surface area contributed by atoms with Crippen LogP contribution in [0.25, 0.3) is 0 Å². The fourth-order valence-electron chi connectivity index (χ4n) is 7.04. The summed E-state index contributed by atoms with van der Waals surface area (Å²) in [5, 5.41) is 10.6. The van der Waals surface area contributed by atoms with Gasteiger partial charge in [0.1, 0.15) is 17.5 Å². The summed E-state index contributed by atoms with van der Waals surface area (Å²) in [6, 6.07) is 15.7. The van der Waals surface area contributed by atoms with Crippen LogP contribution in [-0.4, -0.2) is 51.0 Å². The van der Waals surface area contributed by atoms with Crippen LogP contribution in [0.15, 0.2) is 53.1 Å². The second kappa shape index (κ2) is 12.4. The van der Waals surface area contributed by atoms with Crippen molar-refractivity contribution in [3.63, 3.8) is 0 Å². The molecule has 6 rings (SSSR count). The predicted octanol–water partition coefficient (Wildman–Crippen LogP) is 4.85. The molecule has 2 saturated carbocycles. The van der Waals surface area contributed by atoms with Gasteiger partial charge in [0.2, 0.25) is 15.9 Å². The summed E-state index contributed by atoms with van der Waals surface area (Å²) < 4.78 is 42.8. The van der Waals surface area contributed by atoms with Gasteiger partial charge in [-0.15, -0.1) is 0 Å². The third-order valence-corrected chi connectivity index (χ3v) is 11.2. The molecule has 1 aromatic heterocycles. The molecule has 2 atom stereocenters. The third kappa shape index (κ3) is 6.38. The van der Waals surface area contributed by atoms with Crippen LogP contribution in [0.3, 0.4) is 0 Å². The van der Waals surface area contributed by atoms with Crippen LogP contribution in [0.5, 0.6) is 0 Å². The van der Waals surface area contributed by atoms with Crippen molar-refractivity contribution in [2.24, 2.45) is 5.41 Å². The summed E-state index contributed by atoms with van der Waals surface area (Å²) in [6.07, 6.45) is 1.47. The predicted molar refractivity (Wildman–Crippen MR) is 172 cm³/mol. The Bertz CT molecular complexity index is 1790. The Morgan fingerprint density at radius 2 is 1.79 bits per heavy atom. The second-order valence-electron chi connectivity index (χ2n) is 13.1. The molecule has 2 heterocycles. The minimum Gasteiger partial charge on any atom is -0.469 e. The SMILES string of the molecule is COC(=O)CCS(=O)(=O)NC(=O)C1(c2ccc(C3NCC34CC(c3onc(C)c3NC(=O)OC(C)c3ccccc3C)C4)cc2)CC1. The zero-order valence-corrected chi connectivity index (χ0v) is 27.7. The van der Waals surface area contributed by atoms with Crippen molar-refractivity contribution in [1.82, 2.24) is 15.2 Å². The summed E-state index contributed by atoms with van der Waals surface area (Å²) in [5.74, 6) is -1.01. The maximum Gasteiger partial charge on any atom is 0.412 e. The first kappa shape index (κ1) is 32.7. The standard InChI is InChI=1S/C34H40N4O8S/c1-20-7-5-6-8-26(20)22(3)45-32(41)36-28-21(2)37-46-29(28)24-17-33(18-24)19-35-30(33)23-9-11-25(12-10-23)34(14-15-34)31(40)38-47(42,43)16-13-27(39)44-4/h5-12,22,24,30,35H,13-19H2,1-4H3,(H,36,41)(H,38,40). The molecule has 0 radical (unpaired) electrons. The van der Waals surface area contributed by atoms with Gasteiger partial charge in [-0.05, 0) is 68.7 Å².